The van der Waals surface area contributed by atoms with E-state index in [1.54, 1.807) is 23.1 Å². The van der Waals surface area contributed by atoms with Crippen molar-refractivity contribution in [3.05, 3.63) is 57.2 Å². The van der Waals surface area contributed by atoms with Gasteiger partial charge in [0.2, 0.25) is 5.91 Å². The highest BCUT2D eigenvalue weighted by molar-refractivity contribution is 6.34. The molecule has 182 valence electrons. The molecule has 2 aliphatic rings. The van der Waals surface area contributed by atoms with E-state index in [4.69, 9.17) is 28.2 Å². The molecule has 3 heterocycles. The average molecular weight is 505 g/mol. The van der Waals surface area contributed by atoms with Crippen molar-refractivity contribution in [3.8, 4) is 0 Å². The van der Waals surface area contributed by atoms with Gasteiger partial charge in [0.05, 0.1) is 18.5 Å². The van der Waals surface area contributed by atoms with Gasteiger partial charge in [-0.05, 0) is 67.6 Å². The van der Waals surface area contributed by atoms with Gasteiger partial charge in [0.25, 0.3) is 0 Å². The Morgan fingerprint density at radius 1 is 1.24 bits per heavy atom. The van der Waals surface area contributed by atoms with E-state index in [-0.39, 0.29) is 18.4 Å². The van der Waals surface area contributed by atoms with Gasteiger partial charge < -0.3 is 15.3 Å². The van der Waals surface area contributed by atoms with Gasteiger partial charge >= 0.3 is 5.97 Å². The molecule has 7 nitrogen and oxygen atoms in total. The molecule has 1 saturated heterocycles. The number of fused-ring (bicyclic) bond motifs is 1. The summed E-state index contributed by atoms with van der Waals surface area (Å²) in [5.74, 6) is -0.108. The van der Waals surface area contributed by atoms with Crippen LogP contribution in [0.5, 0.6) is 0 Å². The van der Waals surface area contributed by atoms with E-state index in [0.717, 1.165) is 50.3 Å². The summed E-state index contributed by atoms with van der Waals surface area (Å²) in [4.78, 5) is 33.0. The van der Waals surface area contributed by atoms with E-state index in [1.807, 2.05) is 0 Å². The van der Waals surface area contributed by atoms with Crippen LogP contribution in [0.25, 0.3) is 0 Å². The van der Waals surface area contributed by atoms with Crippen molar-refractivity contribution in [2.24, 2.45) is 0 Å². The number of aromatic nitrogens is 1. The van der Waals surface area contributed by atoms with Crippen LogP contribution in [0.3, 0.4) is 0 Å². The topological polar surface area (TPSA) is 85.8 Å². The number of benzene rings is 1. The van der Waals surface area contributed by atoms with E-state index in [9.17, 15) is 14.7 Å². The summed E-state index contributed by atoms with van der Waals surface area (Å²) in [6.45, 7) is 4.79. The molecule has 0 radical (unpaired) electrons. The second kappa shape index (κ2) is 10.9. The normalized spacial score (nSPS) is 16.8. The van der Waals surface area contributed by atoms with Crippen LogP contribution in [-0.4, -0.2) is 64.0 Å². The number of hydrogen-bond donors (Lipinski definition) is 2. The number of carbonyl (C=O) groups excluding carboxylic acids is 1. The Hall–Kier alpha value is -2.35. The van der Waals surface area contributed by atoms with Crippen molar-refractivity contribution < 1.29 is 14.7 Å². The second-order valence-electron chi connectivity index (χ2n) is 9.10. The van der Waals surface area contributed by atoms with Crippen LogP contribution in [0, 0.1) is 0 Å². The fourth-order valence-corrected chi connectivity index (χ4v) is 5.48. The van der Waals surface area contributed by atoms with Gasteiger partial charge in [0, 0.05) is 42.3 Å². The Balaban J connectivity index is 1.35. The number of carbonyl (C=O) groups is 2. The highest BCUT2D eigenvalue weighted by Gasteiger charge is 2.38. The third-order valence-corrected chi connectivity index (χ3v) is 6.96. The van der Waals surface area contributed by atoms with Crippen molar-refractivity contribution in [3.63, 3.8) is 0 Å². The minimum absolute atomic E-state index is 0.0503. The lowest BCUT2D eigenvalue weighted by Crippen LogP contribution is -2.61. The molecule has 2 N–H and O–H groups in total. The van der Waals surface area contributed by atoms with E-state index >= 15 is 0 Å². The molecule has 1 amide bonds. The Kier molecular flexibility index (Phi) is 7.96. The van der Waals surface area contributed by atoms with Gasteiger partial charge in [-0.25, -0.2) is 4.98 Å². The van der Waals surface area contributed by atoms with Crippen LogP contribution < -0.4 is 5.32 Å². The van der Waals surface area contributed by atoms with E-state index in [0.29, 0.717) is 28.7 Å². The molecular weight excluding hydrogens is 475 g/mol. The third kappa shape index (κ3) is 6.01. The number of halogens is 2. The molecule has 4 rings (SSSR count). The summed E-state index contributed by atoms with van der Waals surface area (Å²) in [5, 5.41) is 13.7. The SMILES string of the molecule is CC(=O)N(C1CN(CCCc2ccc3c(n2)NCCC3)C1)C(CC(=O)O)c1cc(Cl)cc(Cl)c1. The third-order valence-electron chi connectivity index (χ3n) is 6.53. The maximum atomic E-state index is 12.6. The van der Waals surface area contributed by atoms with E-state index in [1.165, 1.54) is 12.5 Å². The summed E-state index contributed by atoms with van der Waals surface area (Å²) in [6, 6.07) is 8.60. The fourth-order valence-electron chi connectivity index (χ4n) is 4.93. The second-order valence-corrected chi connectivity index (χ2v) is 9.97. The molecule has 0 bridgehead atoms. The molecule has 2 aliphatic heterocycles. The molecule has 1 atom stereocenters. The van der Waals surface area contributed by atoms with E-state index in [2.05, 4.69) is 22.3 Å². The van der Waals surface area contributed by atoms with Crippen LogP contribution >= 0.6 is 23.2 Å². The van der Waals surface area contributed by atoms with Crippen molar-refractivity contribution in [1.82, 2.24) is 14.8 Å². The summed E-state index contributed by atoms with van der Waals surface area (Å²) >= 11 is 12.3. The first-order valence-electron chi connectivity index (χ1n) is 11.7. The van der Waals surface area contributed by atoms with Crippen LogP contribution in [0.4, 0.5) is 5.82 Å². The summed E-state index contributed by atoms with van der Waals surface area (Å²) in [6.07, 6.45) is 3.90. The molecule has 34 heavy (non-hydrogen) atoms. The Labute approximate surface area is 210 Å². The van der Waals surface area contributed by atoms with Crippen molar-refractivity contribution in [2.45, 2.75) is 51.1 Å². The van der Waals surface area contributed by atoms with Gasteiger partial charge in [-0.1, -0.05) is 29.3 Å². The summed E-state index contributed by atoms with van der Waals surface area (Å²) < 4.78 is 0. The van der Waals surface area contributed by atoms with Gasteiger partial charge in [-0.3, -0.25) is 14.5 Å². The molecule has 9 heteroatoms. The number of likely N-dealkylation sites (tertiary alicyclic amines) is 1. The zero-order valence-corrected chi connectivity index (χ0v) is 20.8. The minimum Gasteiger partial charge on any atom is -0.481 e. The number of hydrogen-bond acceptors (Lipinski definition) is 5. The van der Waals surface area contributed by atoms with Crippen molar-refractivity contribution >= 4 is 40.9 Å². The number of nitrogens with one attached hydrogen (secondary N) is 1. The number of nitrogens with zero attached hydrogens (tertiary/aromatic N) is 3. The molecule has 1 fully saturated rings. The molecule has 0 aliphatic carbocycles. The maximum absolute atomic E-state index is 12.6. The Morgan fingerprint density at radius 3 is 2.65 bits per heavy atom. The Morgan fingerprint density at radius 2 is 1.97 bits per heavy atom. The first-order chi connectivity index (χ1) is 16.3. The number of rotatable bonds is 9. The van der Waals surface area contributed by atoms with Crippen molar-refractivity contribution in [2.75, 3.05) is 31.5 Å². The number of pyridine rings is 1. The lowest BCUT2D eigenvalue weighted by molar-refractivity contribution is -0.144. The van der Waals surface area contributed by atoms with Gasteiger partial charge in [0.1, 0.15) is 5.82 Å². The number of aryl methyl sites for hydroxylation is 2. The molecule has 2 aromatic rings. The molecule has 0 spiro atoms. The molecule has 1 aromatic carbocycles. The number of carboxylic acids is 1. The van der Waals surface area contributed by atoms with Crippen molar-refractivity contribution in [1.29, 1.82) is 0 Å². The zero-order valence-electron chi connectivity index (χ0n) is 19.3. The largest absolute Gasteiger partial charge is 0.481 e. The average Bonchev–Trinajstić information content (AvgIpc) is 2.75. The lowest BCUT2D eigenvalue weighted by Gasteiger charge is -2.48. The highest BCUT2D eigenvalue weighted by atomic mass is 35.5. The van der Waals surface area contributed by atoms with E-state index < -0.39 is 12.0 Å². The number of amides is 1. The predicted molar refractivity (Wildman–Crippen MR) is 134 cm³/mol. The number of carboxylic acid groups (broad SMARTS) is 1. The molecule has 1 unspecified atom stereocenters. The minimum atomic E-state index is -0.976. The standard InChI is InChI=1S/C25H30Cl2N4O3/c1-16(32)31(23(13-24(33)34)18-10-19(26)12-20(27)11-18)22-14-30(15-22)9-3-5-21-7-6-17-4-2-8-28-25(17)29-21/h6-7,10-12,22-23H,2-5,8-9,13-15H2,1H3,(H,28,29)(H,33,34). The maximum Gasteiger partial charge on any atom is 0.305 e. The lowest BCUT2D eigenvalue weighted by atomic mass is 9.96. The first kappa shape index (κ1) is 24.8. The predicted octanol–water partition coefficient (Wildman–Crippen LogP) is 4.43. The summed E-state index contributed by atoms with van der Waals surface area (Å²) in [7, 11) is 0. The highest BCUT2D eigenvalue weighted by Crippen LogP contribution is 2.33. The number of aliphatic carboxylic acids is 1. The van der Waals surface area contributed by atoms with Gasteiger partial charge in [-0.2, -0.15) is 0 Å². The molecular formula is C25H30Cl2N4O3. The Bertz CT molecular complexity index is 1040. The summed E-state index contributed by atoms with van der Waals surface area (Å²) in [5.41, 5.74) is 3.03. The van der Waals surface area contributed by atoms with Gasteiger partial charge in [0.15, 0.2) is 0 Å². The van der Waals surface area contributed by atoms with Crippen LogP contribution in [-0.2, 0) is 22.4 Å². The fraction of sp³-hybridized carbons (Fsp3) is 0.480. The molecule has 0 saturated carbocycles. The molecule has 1 aromatic heterocycles. The van der Waals surface area contributed by atoms with Gasteiger partial charge in [-0.15, -0.1) is 0 Å². The first-order valence-corrected chi connectivity index (χ1v) is 12.5. The van der Waals surface area contributed by atoms with Crippen LogP contribution in [0.1, 0.15) is 49.0 Å². The zero-order chi connectivity index (χ0) is 24.2. The smallest absolute Gasteiger partial charge is 0.305 e. The van der Waals surface area contributed by atoms with Crippen LogP contribution in [0.2, 0.25) is 10.0 Å². The van der Waals surface area contributed by atoms with Crippen LogP contribution in [0.15, 0.2) is 30.3 Å². The monoisotopic (exact) mass is 504 g/mol. The number of anilines is 1. The quantitative estimate of drug-likeness (QED) is 0.525.